The molecule has 0 aromatic carbocycles. The average Bonchev–Trinajstić information content (AvgIpc) is 3.16. The van der Waals surface area contributed by atoms with Gasteiger partial charge in [0.2, 0.25) is 0 Å². The second kappa shape index (κ2) is 37.2. The van der Waals surface area contributed by atoms with E-state index in [0.717, 1.165) is 44.4 Å². The van der Waals surface area contributed by atoms with Gasteiger partial charge in [-0.05, 0) is 50.9 Å². The lowest BCUT2D eigenvalue weighted by atomic mass is 10.0. The van der Waals surface area contributed by atoms with Gasteiger partial charge >= 0.3 is 19.8 Å². The van der Waals surface area contributed by atoms with Gasteiger partial charge in [-0.15, -0.1) is 0 Å². The Balaban J connectivity index is 4.45. The Kier molecular flexibility index (Phi) is 35.6. The number of unbranched alkanes of at least 4 members (excludes halogenated alkanes) is 11. The van der Waals surface area contributed by atoms with Crippen LogP contribution in [0.3, 0.4) is 0 Å². The Morgan fingerprint density at radius 3 is 1.76 bits per heavy atom. The summed E-state index contributed by atoms with van der Waals surface area (Å²) < 4.78 is 32.6. The van der Waals surface area contributed by atoms with Crippen LogP contribution in [0.25, 0.3) is 0 Å². The summed E-state index contributed by atoms with van der Waals surface area (Å²) in [6.07, 6.45) is 35.8. The van der Waals surface area contributed by atoms with Crippen LogP contribution in [-0.4, -0.2) is 76.9 Å². The van der Waals surface area contributed by atoms with E-state index >= 15 is 0 Å². The number of phosphoric acid groups is 1. The highest BCUT2D eigenvalue weighted by molar-refractivity contribution is 7.47. The molecule has 0 amide bonds. The van der Waals surface area contributed by atoms with Crippen molar-refractivity contribution in [2.24, 2.45) is 5.92 Å². The van der Waals surface area contributed by atoms with Crippen LogP contribution in [0.15, 0.2) is 60.8 Å². The molecule has 0 bridgehead atoms. The van der Waals surface area contributed by atoms with Crippen molar-refractivity contribution in [1.82, 2.24) is 0 Å². The van der Waals surface area contributed by atoms with Crippen molar-refractivity contribution < 1.29 is 52.9 Å². The summed E-state index contributed by atoms with van der Waals surface area (Å²) in [6.45, 7) is 4.27. The Morgan fingerprint density at radius 1 is 0.655 bits per heavy atom. The van der Waals surface area contributed by atoms with Crippen LogP contribution < -0.4 is 0 Å². The Labute approximate surface area is 332 Å². The molecule has 11 nitrogen and oxygen atoms in total. The molecule has 0 rings (SSSR count). The maximum atomic E-state index is 12.6. The van der Waals surface area contributed by atoms with E-state index in [-0.39, 0.29) is 19.4 Å². The van der Waals surface area contributed by atoms with Crippen molar-refractivity contribution in [2.75, 3.05) is 26.4 Å². The number of carbonyl (C=O) groups excluding carboxylic acids is 2. The normalized spacial score (nSPS) is 15.2. The summed E-state index contributed by atoms with van der Waals surface area (Å²) in [5.74, 6) is -0.223. The van der Waals surface area contributed by atoms with E-state index in [2.05, 4.69) is 42.7 Å². The van der Waals surface area contributed by atoms with Crippen LogP contribution in [0, 0.1) is 5.92 Å². The Morgan fingerprint density at radius 2 is 1.18 bits per heavy atom. The summed E-state index contributed by atoms with van der Waals surface area (Å²) in [5, 5.41) is 27.8. The van der Waals surface area contributed by atoms with Gasteiger partial charge in [0.15, 0.2) is 6.10 Å². The van der Waals surface area contributed by atoms with Crippen molar-refractivity contribution in [3.63, 3.8) is 0 Å². The first-order valence-electron chi connectivity index (χ1n) is 20.7. The number of hydrogen-bond donors (Lipinski definition) is 4. The largest absolute Gasteiger partial charge is 0.472 e. The minimum atomic E-state index is -4.64. The topological polar surface area (TPSA) is 169 Å². The number of hydrogen-bond acceptors (Lipinski definition) is 10. The van der Waals surface area contributed by atoms with Gasteiger partial charge < -0.3 is 29.7 Å². The number of allylic oxidation sites excluding steroid dienone is 9. The molecule has 1 unspecified atom stereocenters. The highest BCUT2D eigenvalue weighted by Gasteiger charge is 2.27. The lowest BCUT2D eigenvalue weighted by Gasteiger charge is -2.20. The second-order valence-electron chi connectivity index (χ2n) is 14.3. The summed E-state index contributed by atoms with van der Waals surface area (Å²) in [7, 11) is -4.64. The predicted octanol–water partition coefficient (Wildman–Crippen LogP) is 9.55. The van der Waals surface area contributed by atoms with E-state index in [4.69, 9.17) is 19.1 Å². The smallest absolute Gasteiger partial charge is 0.462 e. The summed E-state index contributed by atoms with van der Waals surface area (Å²) in [4.78, 5) is 34.9. The SMILES string of the molecule is CC[C@@H](O)/C=C/C=C\C/C=C\C/C=C\C/C=C\CCCC(=O)O[C@H](COC(=O)CCCCCCCCCCCCCC(C)C)COP(=O)(O)OC[C@@H](O)CO. The molecule has 0 fully saturated rings. The van der Waals surface area contributed by atoms with E-state index in [9.17, 15) is 29.3 Å². The summed E-state index contributed by atoms with van der Waals surface area (Å²) >= 11 is 0. The zero-order valence-electron chi connectivity index (χ0n) is 34.1. The molecule has 318 valence electrons. The van der Waals surface area contributed by atoms with E-state index in [1.165, 1.54) is 51.4 Å². The lowest BCUT2D eigenvalue weighted by Crippen LogP contribution is -2.29. The van der Waals surface area contributed by atoms with E-state index in [1.54, 1.807) is 6.08 Å². The maximum Gasteiger partial charge on any atom is 0.472 e. The van der Waals surface area contributed by atoms with E-state index in [0.29, 0.717) is 25.7 Å². The zero-order valence-corrected chi connectivity index (χ0v) is 35.0. The predicted molar refractivity (Wildman–Crippen MR) is 220 cm³/mol. The van der Waals surface area contributed by atoms with Crippen molar-refractivity contribution in [1.29, 1.82) is 0 Å². The number of esters is 2. The Bertz CT molecular complexity index is 1130. The molecule has 0 aliphatic heterocycles. The van der Waals surface area contributed by atoms with E-state index in [1.807, 2.05) is 37.3 Å². The number of aliphatic hydroxyl groups excluding tert-OH is 3. The first kappa shape index (κ1) is 52.6. The minimum absolute atomic E-state index is 0.0904. The van der Waals surface area contributed by atoms with Crippen molar-refractivity contribution >= 4 is 19.8 Å². The fraction of sp³-hybridized carbons (Fsp3) is 0.721. The average molecular weight is 799 g/mol. The molecular formula is C43H75O11P. The fourth-order valence-electron chi connectivity index (χ4n) is 5.16. The van der Waals surface area contributed by atoms with Gasteiger partial charge in [0.25, 0.3) is 0 Å². The minimum Gasteiger partial charge on any atom is -0.462 e. The van der Waals surface area contributed by atoms with Gasteiger partial charge in [0.1, 0.15) is 12.7 Å². The standard InChI is InChI=1S/C43H75O11P/c1-4-39(45)31-27-23-19-15-11-7-5-6-8-12-17-21-25-29-33-43(48)54-41(37-53-55(49,50)52-35-40(46)34-44)36-51-42(47)32-28-24-20-16-13-9-10-14-18-22-26-30-38(2)3/h6-8,11,17,19,21,23,27,31,38-41,44-46H,4-5,9-10,12-16,18,20,22,24-26,28-30,32-37H2,1-3H3,(H,49,50)/b8-6-,11-7-,21-17-,23-19-,31-27+/t39-,40+,41-/m1/s1. The quantitative estimate of drug-likeness (QED) is 0.0155. The third-order valence-corrected chi connectivity index (χ3v) is 9.47. The molecule has 4 N–H and O–H groups in total. The molecule has 0 aliphatic rings. The summed E-state index contributed by atoms with van der Waals surface area (Å²) in [5.41, 5.74) is 0. The molecule has 0 aromatic rings. The summed E-state index contributed by atoms with van der Waals surface area (Å²) in [6, 6.07) is 0. The van der Waals surface area contributed by atoms with Crippen LogP contribution in [0.1, 0.15) is 149 Å². The van der Waals surface area contributed by atoms with Gasteiger partial charge in [-0.3, -0.25) is 18.6 Å². The van der Waals surface area contributed by atoms with Crippen molar-refractivity contribution in [2.45, 2.75) is 167 Å². The molecular weight excluding hydrogens is 723 g/mol. The molecule has 0 aliphatic carbocycles. The zero-order chi connectivity index (χ0) is 40.8. The molecule has 0 radical (unpaired) electrons. The molecule has 55 heavy (non-hydrogen) atoms. The number of rotatable bonds is 37. The fourth-order valence-corrected chi connectivity index (χ4v) is 5.95. The number of carbonyl (C=O) groups is 2. The first-order chi connectivity index (χ1) is 26.5. The van der Waals surface area contributed by atoms with E-state index < -0.39 is 57.9 Å². The van der Waals surface area contributed by atoms with Gasteiger partial charge in [-0.2, -0.15) is 0 Å². The lowest BCUT2D eigenvalue weighted by molar-refractivity contribution is -0.161. The van der Waals surface area contributed by atoms with Crippen LogP contribution in [0.5, 0.6) is 0 Å². The number of ether oxygens (including phenoxy) is 2. The highest BCUT2D eigenvalue weighted by atomic mass is 31.2. The van der Waals surface area contributed by atoms with Crippen molar-refractivity contribution in [3.05, 3.63) is 60.8 Å². The van der Waals surface area contributed by atoms with Gasteiger partial charge in [0.05, 0.1) is 25.9 Å². The molecule has 12 heteroatoms. The number of aliphatic hydroxyl groups is 3. The molecule has 0 heterocycles. The highest BCUT2D eigenvalue weighted by Crippen LogP contribution is 2.43. The third-order valence-electron chi connectivity index (χ3n) is 8.52. The Hall–Kier alpha value is -2.37. The van der Waals surface area contributed by atoms with Gasteiger partial charge in [-0.25, -0.2) is 4.57 Å². The van der Waals surface area contributed by atoms with Crippen LogP contribution in [-0.2, 0) is 32.7 Å². The maximum absolute atomic E-state index is 12.6. The van der Waals surface area contributed by atoms with Crippen LogP contribution in [0.4, 0.5) is 0 Å². The molecule has 4 atom stereocenters. The number of phosphoric ester groups is 1. The first-order valence-corrected chi connectivity index (χ1v) is 22.2. The van der Waals surface area contributed by atoms with Crippen LogP contribution in [0.2, 0.25) is 0 Å². The second-order valence-corrected chi connectivity index (χ2v) is 15.8. The molecule has 0 spiro atoms. The monoisotopic (exact) mass is 799 g/mol. The van der Waals surface area contributed by atoms with Gasteiger partial charge in [0, 0.05) is 12.8 Å². The van der Waals surface area contributed by atoms with Gasteiger partial charge in [-0.1, -0.05) is 152 Å². The van der Waals surface area contributed by atoms with Crippen molar-refractivity contribution in [3.8, 4) is 0 Å². The van der Waals surface area contributed by atoms with Crippen LogP contribution >= 0.6 is 7.82 Å². The molecule has 0 saturated heterocycles. The molecule has 0 aromatic heterocycles. The third kappa shape index (κ3) is 38.3. The molecule has 0 saturated carbocycles.